The molecule has 1 aliphatic rings. The number of carbonyl (C=O) groups is 2. The number of thiophene rings is 1. The SMILES string of the molecule is O=C(Nc1ccccc1C(=O)NCc1cccc(CN2CCOCC2)c1)c1cccs1. The van der Waals surface area contributed by atoms with Crippen LogP contribution in [0.1, 0.15) is 31.2 Å². The highest BCUT2D eigenvalue weighted by Gasteiger charge is 2.15. The fraction of sp³-hybridized carbons (Fsp3) is 0.250. The lowest BCUT2D eigenvalue weighted by Gasteiger charge is -2.26. The molecule has 1 aliphatic heterocycles. The van der Waals surface area contributed by atoms with Crippen LogP contribution in [0.4, 0.5) is 5.69 Å². The number of amides is 2. The maximum absolute atomic E-state index is 12.8. The molecule has 0 saturated carbocycles. The van der Waals surface area contributed by atoms with Gasteiger partial charge in [0.15, 0.2) is 0 Å². The van der Waals surface area contributed by atoms with Crippen molar-refractivity contribution in [3.8, 4) is 0 Å². The fourth-order valence-electron chi connectivity index (χ4n) is 3.51. The molecule has 2 N–H and O–H groups in total. The second-order valence-electron chi connectivity index (χ2n) is 7.37. The number of para-hydroxylation sites is 1. The molecule has 7 heteroatoms. The summed E-state index contributed by atoms with van der Waals surface area (Å²) in [5.41, 5.74) is 3.20. The van der Waals surface area contributed by atoms with Crippen molar-refractivity contribution in [1.29, 1.82) is 0 Å². The Morgan fingerprint density at radius 3 is 2.55 bits per heavy atom. The number of morpholine rings is 1. The van der Waals surface area contributed by atoms with Crippen LogP contribution in [0.5, 0.6) is 0 Å². The van der Waals surface area contributed by atoms with E-state index < -0.39 is 0 Å². The molecule has 3 aromatic rings. The van der Waals surface area contributed by atoms with Gasteiger partial charge in [-0.2, -0.15) is 0 Å². The molecular formula is C24H25N3O3S. The largest absolute Gasteiger partial charge is 0.379 e. The van der Waals surface area contributed by atoms with Gasteiger partial charge in [-0.1, -0.05) is 42.5 Å². The molecule has 2 heterocycles. The predicted molar refractivity (Wildman–Crippen MR) is 122 cm³/mol. The summed E-state index contributed by atoms with van der Waals surface area (Å²) in [5, 5.41) is 7.66. The highest BCUT2D eigenvalue weighted by atomic mass is 32.1. The molecule has 2 amide bonds. The van der Waals surface area contributed by atoms with Gasteiger partial charge in [-0.25, -0.2) is 0 Å². The summed E-state index contributed by atoms with van der Waals surface area (Å²) in [5.74, 6) is -0.438. The molecule has 0 atom stereocenters. The van der Waals surface area contributed by atoms with Crippen molar-refractivity contribution in [2.24, 2.45) is 0 Å². The molecule has 2 aromatic carbocycles. The second-order valence-corrected chi connectivity index (χ2v) is 8.32. The maximum Gasteiger partial charge on any atom is 0.265 e. The van der Waals surface area contributed by atoms with E-state index in [9.17, 15) is 9.59 Å². The lowest BCUT2D eigenvalue weighted by molar-refractivity contribution is 0.0342. The fourth-order valence-corrected chi connectivity index (χ4v) is 4.13. The molecule has 1 saturated heterocycles. The number of nitrogens with one attached hydrogen (secondary N) is 2. The number of ether oxygens (including phenoxy) is 1. The number of rotatable bonds is 7. The zero-order valence-corrected chi connectivity index (χ0v) is 18.0. The summed E-state index contributed by atoms with van der Waals surface area (Å²) in [4.78, 5) is 28.2. The lowest BCUT2D eigenvalue weighted by atomic mass is 10.1. The minimum atomic E-state index is -0.222. The van der Waals surface area contributed by atoms with Crippen LogP contribution in [0, 0.1) is 0 Å². The molecule has 0 aliphatic carbocycles. The number of hydrogen-bond donors (Lipinski definition) is 2. The van der Waals surface area contributed by atoms with Gasteiger partial charge in [0.2, 0.25) is 0 Å². The number of anilines is 1. The molecule has 1 aromatic heterocycles. The molecule has 6 nitrogen and oxygen atoms in total. The standard InChI is InChI=1S/C24H25N3O3S/c28-23(20-7-1-2-8-21(20)26-24(29)22-9-4-14-31-22)25-16-18-5-3-6-19(15-18)17-27-10-12-30-13-11-27/h1-9,14-15H,10-13,16-17H2,(H,25,28)(H,26,29). The van der Waals surface area contributed by atoms with Gasteiger partial charge in [-0.05, 0) is 34.7 Å². The minimum Gasteiger partial charge on any atom is -0.379 e. The molecular weight excluding hydrogens is 410 g/mol. The van der Waals surface area contributed by atoms with Gasteiger partial charge in [0.1, 0.15) is 0 Å². The van der Waals surface area contributed by atoms with E-state index in [1.54, 1.807) is 30.3 Å². The monoisotopic (exact) mass is 435 g/mol. The number of nitrogens with zero attached hydrogens (tertiary/aromatic N) is 1. The van der Waals surface area contributed by atoms with Crippen molar-refractivity contribution in [2.45, 2.75) is 13.1 Å². The van der Waals surface area contributed by atoms with Crippen molar-refractivity contribution < 1.29 is 14.3 Å². The third-order valence-corrected chi connectivity index (χ3v) is 5.99. The van der Waals surface area contributed by atoms with Gasteiger partial charge < -0.3 is 15.4 Å². The summed E-state index contributed by atoms with van der Waals surface area (Å²) in [7, 11) is 0. The summed E-state index contributed by atoms with van der Waals surface area (Å²) >= 11 is 1.36. The Labute approximate surface area is 185 Å². The Bertz CT molecular complexity index is 1030. The third kappa shape index (κ3) is 5.79. The normalized spacial score (nSPS) is 14.2. The minimum absolute atomic E-state index is 0.217. The van der Waals surface area contributed by atoms with Crippen LogP contribution in [0.15, 0.2) is 66.0 Å². The zero-order chi connectivity index (χ0) is 21.5. The Balaban J connectivity index is 1.38. The van der Waals surface area contributed by atoms with E-state index in [0.29, 0.717) is 22.7 Å². The second kappa shape index (κ2) is 10.3. The van der Waals surface area contributed by atoms with Crippen LogP contribution in [-0.4, -0.2) is 43.0 Å². The first kappa shape index (κ1) is 21.2. The summed E-state index contributed by atoms with van der Waals surface area (Å²) in [6.45, 7) is 4.73. The molecule has 0 unspecified atom stereocenters. The van der Waals surface area contributed by atoms with Gasteiger partial charge in [0, 0.05) is 26.2 Å². The van der Waals surface area contributed by atoms with Gasteiger partial charge in [0.25, 0.3) is 11.8 Å². The van der Waals surface area contributed by atoms with E-state index in [4.69, 9.17) is 4.74 Å². The van der Waals surface area contributed by atoms with Crippen molar-refractivity contribution in [1.82, 2.24) is 10.2 Å². The van der Waals surface area contributed by atoms with Crippen LogP contribution in [0.2, 0.25) is 0 Å². The van der Waals surface area contributed by atoms with Crippen molar-refractivity contribution in [2.75, 3.05) is 31.6 Å². The molecule has 0 spiro atoms. The van der Waals surface area contributed by atoms with Crippen molar-refractivity contribution in [3.05, 3.63) is 87.6 Å². The molecule has 0 radical (unpaired) electrons. The number of benzene rings is 2. The van der Waals surface area contributed by atoms with E-state index >= 15 is 0 Å². The Hall–Kier alpha value is -3.00. The first-order valence-electron chi connectivity index (χ1n) is 10.3. The topological polar surface area (TPSA) is 70.7 Å². The van der Waals surface area contributed by atoms with Crippen LogP contribution >= 0.6 is 11.3 Å². The van der Waals surface area contributed by atoms with E-state index in [0.717, 1.165) is 38.4 Å². The molecule has 1 fully saturated rings. The third-order valence-electron chi connectivity index (χ3n) is 5.12. The molecule has 31 heavy (non-hydrogen) atoms. The van der Waals surface area contributed by atoms with Crippen molar-refractivity contribution >= 4 is 28.8 Å². The van der Waals surface area contributed by atoms with Crippen LogP contribution in [0.3, 0.4) is 0 Å². The summed E-state index contributed by atoms with van der Waals surface area (Å²) in [6, 6.07) is 18.9. The zero-order valence-electron chi connectivity index (χ0n) is 17.2. The summed E-state index contributed by atoms with van der Waals surface area (Å²) < 4.78 is 5.41. The smallest absolute Gasteiger partial charge is 0.265 e. The summed E-state index contributed by atoms with van der Waals surface area (Å²) in [6.07, 6.45) is 0. The lowest BCUT2D eigenvalue weighted by Crippen LogP contribution is -2.35. The van der Waals surface area contributed by atoms with E-state index in [-0.39, 0.29) is 11.8 Å². The number of hydrogen-bond acceptors (Lipinski definition) is 5. The van der Waals surface area contributed by atoms with Gasteiger partial charge >= 0.3 is 0 Å². The van der Waals surface area contributed by atoms with Crippen LogP contribution < -0.4 is 10.6 Å². The van der Waals surface area contributed by atoms with Crippen molar-refractivity contribution in [3.63, 3.8) is 0 Å². The van der Waals surface area contributed by atoms with E-state index in [1.807, 2.05) is 23.6 Å². The highest BCUT2D eigenvalue weighted by Crippen LogP contribution is 2.18. The first-order valence-corrected chi connectivity index (χ1v) is 11.2. The highest BCUT2D eigenvalue weighted by molar-refractivity contribution is 7.12. The molecule has 0 bridgehead atoms. The maximum atomic E-state index is 12.8. The van der Waals surface area contributed by atoms with Gasteiger partial charge in [-0.15, -0.1) is 11.3 Å². The van der Waals surface area contributed by atoms with Gasteiger partial charge in [-0.3, -0.25) is 14.5 Å². The Morgan fingerprint density at radius 2 is 1.74 bits per heavy atom. The number of carbonyl (C=O) groups excluding carboxylic acids is 2. The molecule has 4 rings (SSSR count). The Kier molecular flexibility index (Phi) is 7.09. The van der Waals surface area contributed by atoms with Gasteiger partial charge in [0.05, 0.1) is 29.3 Å². The first-order chi connectivity index (χ1) is 15.2. The van der Waals surface area contributed by atoms with Crippen LogP contribution in [0.25, 0.3) is 0 Å². The quantitative estimate of drug-likeness (QED) is 0.593. The molecule has 160 valence electrons. The van der Waals surface area contributed by atoms with E-state index in [1.165, 1.54) is 16.9 Å². The van der Waals surface area contributed by atoms with E-state index in [2.05, 4.69) is 27.7 Å². The Morgan fingerprint density at radius 1 is 0.935 bits per heavy atom. The predicted octanol–water partition coefficient (Wildman–Crippen LogP) is 3.76. The average Bonchev–Trinajstić information content (AvgIpc) is 3.34. The van der Waals surface area contributed by atoms with Crippen LogP contribution in [-0.2, 0) is 17.8 Å². The average molecular weight is 436 g/mol.